The Balaban J connectivity index is 1.64. The van der Waals surface area contributed by atoms with Crippen molar-refractivity contribution in [2.75, 3.05) is 13.6 Å². The van der Waals surface area contributed by atoms with Crippen molar-refractivity contribution in [1.82, 2.24) is 9.47 Å². The molecule has 148 valence electrons. The SMILES string of the molecule is CN1CC[C@]23c4c5ccc(O)c4O[C@H]2c2c(c4ccccc4n2C)C[C@@]3(C)[C@H]1C5. The lowest BCUT2D eigenvalue weighted by atomic mass is 9.44. The van der Waals surface area contributed by atoms with Crippen molar-refractivity contribution in [3.63, 3.8) is 0 Å². The molecule has 2 bridgehead atoms. The molecule has 1 aromatic heterocycles. The maximum atomic E-state index is 10.8. The van der Waals surface area contributed by atoms with Gasteiger partial charge in [-0.1, -0.05) is 31.2 Å². The fraction of sp³-hybridized carbons (Fsp3) is 0.440. The average molecular weight is 386 g/mol. The van der Waals surface area contributed by atoms with E-state index < -0.39 is 0 Å². The maximum absolute atomic E-state index is 10.8. The first kappa shape index (κ1) is 16.3. The van der Waals surface area contributed by atoms with E-state index in [2.05, 4.69) is 60.8 Å². The number of hydrogen-bond donors (Lipinski definition) is 1. The molecule has 3 heterocycles. The van der Waals surface area contributed by atoms with E-state index in [1.54, 1.807) is 0 Å². The lowest BCUT2D eigenvalue weighted by molar-refractivity contribution is -0.0912. The van der Waals surface area contributed by atoms with Gasteiger partial charge in [-0.3, -0.25) is 0 Å². The molecule has 4 nitrogen and oxygen atoms in total. The number of fused-ring (bicyclic) bond motifs is 4. The van der Waals surface area contributed by atoms with Gasteiger partial charge in [0.2, 0.25) is 0 Å². The number of hydrogen-bond acceptors (Lipinski definition) is 3. The fourth-order valence-electron chi connectivity index (χ4n) is 7.69. The summed E-state index contributed by atoms with van der Waals surface area (Å²) in [4.78, 5) is 2.58. The molecule has 4 heteroatoms. The van der Waals surface area contributed by atoms with Gasteiger partial charge in [-0.25, -0.2) is 0 Å². The second-order valence-corrected chi connectivity index (χ2v) is 9.90. The molecule has 2 aromatic carbocycles. The summed E-state index contributed by atoms with van der Waals surface area (Å²) in [5, 5.41) is 12.1. The molecule has 2 aliphatic heterocycles. The maximum Gasteiger partial charge on any atom is 0.166 e. The van der Waals surface area contributed by atoms with Gasteiger partial charge in [-0.2, -0.15) is 0 Å². The zero-order chi connectivity index (χ0) is 19.7. The Morgan fingerprint density at radius 2 is 1.97 bits per heavy atom. The van der Waals surface area contributed by atoms with Gasteiger partial charge in [0.25, 0.3) is 0 Å². The number of ether oxygens (including phenoxy) is 1. The summed E-state index contributed by atoms with van der Waals surface area (Å²) in [6.45, 7) is 3.57. The second-order valence-electron chi connectivity index (χ2n) is 9.90. The van der Waals surface area contributed by atoms with Crippen LogP contribution in [0.4, 0.5) is 0 Å². The summed E-state index contributed by atoms with van der Waals surface area (Å²) in [5.41, 5.74) is 6.73. The fourth-order valence-corrected chi connectivity index (χ4v) is 7.69. The van der Waals surface area contributed by atoms with E-state index >= 15 is 0 Å². The van der Waals surface area contributed by atoms with E-state index in [9.17, 15) is 5.11 Å². The molecule has 7 rings (SSSR count). The minimum atomic E-state index is -0.0685. The summed E-state index contributed by atoms with van der Waals surface area (Å²) in [6.07, 6.45) is 3.14. The number of likely N-dealkylation sites (tertiary alicyclic amines) is 1. The van der Waals surface area contributed by atoms with Crippen LogP contribution in [0, 0.1) is 5.41 Å². The van der Waals surface area contributed by atoms with Crippen LogP contribution >= 0.6 is 0 Å². The minimum absolute atomic E-state index is 0.0350. The number of nitrogens with zero attached hydrogens (tertiary/aromatic N) is 2. The summed E-state index contributed by atoms with van der Waals surface area (Å²) >= 11 is 0. The zero-order valence-corrected chi connectivity index (χ0v) is 17.2. The number of aromatic hydroxyl groups is 1. The Morgan fingerprint density at radius 3 is 2.83 bits per heavy atom. The molecule has 1 fully saturated rings. The number of aromatic nitrogens is 1. The van der Waals surface area contributed by atoms with E-state index in [1.807, 2.05) is 6.07 Å². The Kier molecular flexibility index (Phi) is 2.71. The molecule has 3 aromatic rings. The molecule has 0 unspecified atom stereocenters. The van der Waals surface area contributed by atoms with Gasteiger partial charge in [-0.05, 0) is 56.1 Å². The molecule has 1 saturated heterocycles. The number of piperidine rings is 1. The number of aryl methyl sites for hydroxylation is 1. The van der Waals surface area contributed by atoms with Crippen LogP contribution in [0.2, 0.25) is 0 Å². The van der Waals surface area contributed by atoms with Crippen molar-refractivity contribution in [3.8, 4) is 11.5 Å². The third kappa shape index (κ3) is 1.55. The topological polar surface area (TPSA) is 37.6 Å². The van der Waals surface area contributed by atoms with Crippen LogP contribution < -0.4 is 4.74 Å². The summed E-state index contributed by atoms with van der Waals surface area (Å²) in [7, 11) is 4.47. The van der Waals surface area contributed by atoms with Gasteiger partial charge in [0.1, 0.15) is 6.10 Å². The standard InChI is InChI=1S/C25H26N2O2/c1-24-13-16-15-6-4-5-7-17(15)27(3)21(16)23-25(24)10-11-26(2)19(24)12-14-8-9-18(28)22(29-23)20(14)25/h4-9,19,23,28H,10-13H2,1-3H3/t19-,23+,24+,25+/m1/s1. The molecule has 1 N–H and O–H groups in total. The van der Waals surface area contributed by atoms with Crippen molar-refractivity contribution in [2.45, 2.75) is 43.7 Å². The summed E-state index contributed by atoms with van der Waals surface area (Å²) in [6, 6.07) is 13.2. The molecule has 0 amide bonds. The Labute approximate surface area is 170 Å². The Hall–Kier alpha value is -2.46. The van der Waals surface area contributed by atoms with Crippen LogP contribution in [0.3, 0.4) is 0 Å². The van der Waals surface area contributed by atoms with E-state index in [1.165, 1.54) is 33.3 Å². The molecule has 2 aliphatic carbocycles. The number of rotatable bonds is 0. The minimum Gasteiger partial charge on any atom is -0.504 e. The lowest BCUT2D eigenvalue weighted by Gasteiger charge is -2.64. The lowest BCUT2D eigenvalue weighted by Crippen LogP contribution is -2.68. The van der Waals surface area contributed by atoms with Gasteiger partial charge in [0.05, 0.1) is 11.1 Å². The largest absolute Gasteiger partial charge is 0.504 e. The van der Waals surface area contributed by atoms with Crippen molar-refractivity contribution >= 4 is 10.9 Å². The van der Waals surface area contributed by atoms with E-state index in [0.29, 0.717) is 11.8 Å². The number of phenolic OH excluding ortho intramolecular Hbond substituents is 1. The first-order chi connectivity index (χ1) is 14.0. The molecular formula is C25H26N2O2. The highest BCUT2D eigenvalue weighted by molar-refractivity contribution is 5.87. The first-order valence-electron chi connectivity index (χ1n) is 10.8. The van der Waals surface area contributed by atoms with Crippen molar-refractivity contribution in [3.05, 3.63) is 58.8 Å². The highest BCUT2D eigenvalue weighted by atomic mass is 16.5. The third-order valence-corrected chi connectivity index (χ3v) is 8.96. The summed E-state index contributed by atoms with van der Waals surface area (Å²) < 4.78 is 9.11. The van der Waals surface area contributed by atoms with Gasteiger partial charge < -0.3 is 19.3 Å². The van der Waals surface area contributed by atoms with Gasteiger partial charge in [0, 0.05) is 35.0 Å². The second kappa shape index (κ2) is 4.81. The van der Waals surface area contributed by atoms with Crippen LogP contribution in [0.5, 0.6) is 11.5 Å². The predicted molar refractivity (Wildman–Crippen MR) is 113 cm³/mol. The Morgan fingerprint density at radius 1 is 1.14 bits per heavy atom. The molecule has 4 aliphatic rings. The van der Waals surface area contributed by atoms with Crippen molar-refractivity contribution in [1.29, 1.82) is 0 Å². The quantitative estimate of drug-likeness (QED) is 0.633. The average Bonchev–Trinajstić information content (AvgIpc) is 3.19. The monoisotopic (exact) mass is 386 g/mol. The number of phenols is 1. The number of likely N-dealkylation sites (N-methyl/N-ethyl adjacent to an activating group) is 1. The van der Waals surface area contributed by atoms with Crippen LogP contribution in [0.25, 0.3) is 10.9 Å². The van der Waals surface area contributed by atoms with E-state index in [4.69, 9.17) is 4.74 Å². The Bertz CT molecular complexity index is 1230. The zero-order valence-electron chi connectivity index (χ0n) is 17.2. The van der Waals surface area contributed by atoms with Gasteiger partial charge >= 0.3 is 0 Å². The van der Waals surface area contributed by atoms with Crippen LogP contribution in [0.15, 0.2) is 36.4 Å². The highest BCUT2D eigenvalue weighted by Crippen LogP contribution is 2.72. The van der Waals surface area contributed by atoms with Crippen LogP contribution in [-0.2, 0) is 25.3 Å². The van der Waals surface area contributed by atoms with Crippen molar-refractivity contribution < 1.29 is 9.84 Å². The molecule has 1 spiro atoms. The molecule has 0 saturated carbocycles. The summed E-state index contributed by atoms with van der Waals surface area (Å²) in [5.74, 6) is 1.05. The predicted octanol–water partition coefficient (Wildman–Crippen LogP) is 4.08. The highest BCUT2D eigenvalue weighted by Gasteiger charge is 2.70. The van der Waals surface area contributed by atoms with Gasteiger partial charge in [-0.15, -0.1) is 0 Å². The molecular weight excluding hydrogens is 360 g/mol. The molecule has 4 atom stereocenters. The normalized spacial score (nSPS) is 34.0. The van der Waals surface area contributed by atoms with Crippen molar-refractivity contribution in [2.24, 2.45) is 12.5 Å². The third-order valence-electron chi connectivity index (χ3n) is 8.96. The van der Waals surface area contributed by atoms with Gasteiger partial charge in [0.15, 0.2) is 11.5 Å². The van der Waals surface area contributed by atoms with Crippen LogP contribution in [0.1, 0.15) is 41.8 Å². The van der Waals surface area contributed by atoms with Crippen LogP contribution in [-0.4, -0.2) is 34.2 Å². The molecule has 29 heavy (non-hydrogen) atoms. The molecule has 0 radical (unpaired) electrons. The first-order valence-corrected chi connectivity index (χ1v) is 10.8. The van der Waals surface area contributed by atoms with E-state index in [-0.39, 0.29) is 16.9 Å². The number of para-hydroxylation sites is 1. The smallest absolute Gasteiger partial charge is 0.166 e. The van der Waals surface area contributed by atoms with E-state index in [0.717, 1.165) is 31.6 Å². The number of benzene rings is 2.